The van der Waals surface area contributed by atoms with E-state index in [0.29, 0.717) is 54.8 Å². The van der Waals surface area contributed by atoms with E-state index in [0.717, 1.165) is 22.4 Å². The first-order chi connectivity index (χ1) is 18.5. The van der Waals surface area contributed by atoms with Crippen molar-refractivity contribution in [3.8, 4) is 17.3 Å². The van der Waals surface area contributed by atoms with Gasteiger partial charge in [0.15, 0.2) is 0 Å². The minimum absolute atomic E-state index is 0.0417. The second-order valence-corrected chi connectivity index (χ2v) is 9.86. The number of amides is 1. The van der Waals surface area contributed by atoms with Crippen LogP contribution in [0, 0.1) is 11.3 Å². The number of benzene rings is 2. The third kappa shape index (κ3) is 4.03. The standard InChI is InChI=1S/C28H26N8O2/c1-28(17-37)16-31-24-20(13-29)11-19(12-21(24)28)22-7-8-30-27(33-22)34-23-14-32-36-10-9-35(26(38)25(23)36)15-18-5-3-2-4-6-18/h2-8,11-12,14,31,37H,9-10,15-17H2,1H3,(H,30,33,34)/t28-/m1/s1. The second kappa shape index (κ2) is 9.28. The number of rotatable bonds is 6. The SMILES string of the molecule is C[C@]1(CO)CNc2c(C#N)cc(-c3ccnc(Nc4cnn5c4C(=O)N(Cc4ccccc4)CC5)n3)cc21. The molecule has 2 aliphatic heterocycles. The zero-order valence-corrected chi connectivity index (χ0v) is 20.8. The zero-order valence-electron chi connectivity index (χ0n) is 20.8. The van der Waals surface area contributed by atoms with Crippen molar-refractivity contribution in [1.82, 2.24) is 24.6 Å². The van der Waals surface area contributed by atoms with Crippen molar-refractivity contribution >= 4 is 23.2 Å². The average Bonchev–Trinajstić information content (AvgIpc) is 3.52. The Morgan fingerprint density at radius 3 is 2.84 bits per heavy atom. The van der Waals surface area contributed by atoms with Crippen LogP contribution < -0.4 is 10.6 Å². The summed E-state index contributed by atoms with van der Waals surface area (Å²) in [7, 11) is 0. The van der Waals surface area contributed by atoms with E-state index in [1.165, 1.54) is 0 Å². The van der Waals surface area contributed by atoms with Gasteiger partial charge in [0.1, 0.15) is 11.8 Å². The summed E-state index contributed by atoms with van der Waals surface area (Å²) in [6, 6.07) is 17.7. The van der Waals surface area contributed by atoms with E-state index < -0.39 is 5.41 Å². The third-order valence-electron chi connectivity index (χ3n) is 7.24. The van der Waals surface area contributed by atoms with Crippen LogP contribution in [0.5, 0.6) is 0 Å². The van der Waals surface area contributed by atoms with E-state index in [9.17, 15) is 15.2 Å². The molecule has 0 aliphatic carbocycles. The van der Waals surface area contributed by atoms with E-state index in [1.54, 1.807) is 29.2 Å². The maximum atomic E-state index is 13.4. The van der Waals surface area contributed by atoms with Gasteiger partial charge in [0, 0.05) is 36.8 Å². The van der Waals surface area contributed by atoms with Crippen LogP contribution in [0.25, 0.3) is 11.3 Å². The van der Waals surface area contributed by atoms with E-state index in [4.69, 9.17) is 0 Å². The maximum Gasteiger partial charge on any atom is 0.274 e. The van der Waals surface area contributed by atoms with Gasteiger partial charge in [-0.25, -0.2) is 9.97 Å². The number of hydrogen-bond acceptors (Lipinski definition) is 8. The van der Waals surface area contributed by atoms with Gasteiger partial charge in [0.25, 0.3) is 5.91 Å². The normalized spacial score (nSPS) is 17.9. The lowest BCUT2D eigenvalue weighted by molar-refractivity contribution is 0.0685. The highest BCUT2D eigenvalue weighted by Gasteiger charge is 2.36. The van der Waals surface area contributed by atoms with Crippen LogP contribution in [0.4, 0.5) is 17.3 Å². The summed E-state index contributed by atoms with van der Waals surface area (Å²) in [4.78, 5) is 24.2. The second-order valence-electron chi connectivity index (χ2n) is 9.86. The topological polar surface area (TPSA) is 132 Å². The minimum atomic E-state index is -0.492. The van der Waals surface area contributed by atoms with Gasteiger partial charge in [-0.2, -0.15) is 10.4 Å². The van der Waals surface area contributed by atoms with Crippen molar-refractivity contribution < 1.29 is 9.90 Å². The van der Waals surface area contributed by atoms with Crippen LogP contribution in [0.1, 0.15) is 34.1 Å². The van der Waals surface area contributed by atoms with E-state index in [-0.39, 0.29) is 12.5 Å². The first kappa shape index (κ1) is 23.6. The van der Waals surface area contributed by atoms with Crippen LogP contribution in [0.2, 0.25) is 0 Å². The number of nitrogens with one attached hydrogen (secondary N) is 2. The lowest BCUT2D eigenvalue weighted by Gasteiger charge is -2.28. The van der Waals surface area contributed by atoms with Crippen LogP contribution in [0.3, 0.4) is 0 Å². The lowest BCUT2D eigenvalue weighted by Crippen LogP contribution is -2.40. The molecule has 4 aromatic rings. The van der Waals surface area contributed by atoms with Gasteiger partial charge in [-0.15, -0.1) is 0 Å². The molecule has 190 valence electrons. The molecule has 0 radical (unpaired) electrons. The van der Waals surface area contributed by atoms with Crippen molar-refractivity contribution in [2.45, 2.75) is 25.4 Å². The summed E-state index contributed by atoms with van der Waals surface area (Å²) in [5.41, 5.74) is 5.08. The average molecular weight is 507 g/mol. The van der Waals surface area contributed by atoms with Crippen LogP contribution in [-0.2, 0) is 18.5 Å². The molecule has 0 bridgehead atoms. The molecule has 2 aromatic heterocycles. The maximum absolute atomic E-state index is 13.4. The largest absolute Gasteiger partial charge is 0.395 e. The number of fused-ring (bicyclic) bond motifs is 2. The number of hydrogen-bond donors (Lipinski definition) is 3. The summed E-state index contributed by atoms with van der Waals surface area (Å²) in [6.45, 7) is 4.17. The molecule has 10 nitrogen and oxygen atoms in total. The molecule has 10 heteroatoms. The molecule has 1 amide bonds. The first-order valence-electron chi connectivity index (χ1n) is 12.4. The van der Waals surface area contributed by atoms with Gasteiger partial charge < -0.3 is 20.6 Å². The highest BCUT2D eigenvalue weighted by atomic mass is 16.3. The van der Waals surface area contributed by atoms with Crippen molar-refractivity contribution in [3.63, 3.8) is 0 Å². The molecule has 4 heterocycles. The molecule has 0 saturated carbocycles. The van der Waals surface area contributed by atoms with Crippen molar-refractivity contribution in [3.05, 3.63) is 83.3 Å². The summed E-state index contributed by atoms with van der Waals surface area (Å²) in [5.74, 6) is 0.206. The fourth-order valence-electron chi connectivity index (χ4n) is 5.06. The molecule has 0 unspecified atom stereocenters. The van der Waals surface area contributed by atoms with Crippen LogP contribution in [-0.4, -0.2) is 55.4 Å². The Balaban J connectivity index is 1.29. The molecular weight excluding hydrogens is 480 g/mol. The quantitative estimate of drug-likeness (QED) is 0.363. The Bertz CT molecular complexity index is 1580. The van der Waals surface area contributed by atoms with Gasteiger partial charge in [-0.3, -0.25) is 9.48 Å². The Hall–Kier alpha value is -4.75. The Kier molecular flexibility index (Phi) is 5.77. The zero-order chi connectivity index (χ0) is 26.3. The predicted octanol–water partition coefficient (Wildman–Crippen LogP) is 3.29. The molecule has 0 spiro atoms. The van der Waals surface area contributed by atoms with Gasteiger partial charge in [0.05, 0.1) is 42.0 Å². The van der Waals surface area contributed by atoms with Gasteiger partial charge in [-0.05, 0) is 29.3 Å². The fourth-order valence-corrected chi connectivity index (χ4v) is 5.06. The number of nitriles is 1. The molecule has 2 aliphatic rings. The highest BCUT2D eigenvalue weighted by molar-refractivity contribution is 5.99. The fraction of sp³-hybridized carbons (Fsp3) is 0.250. The lowest BCUT2D eigenvalue weighted by atomic mass is 9.83. The summed E-state index contributed by atoms with van der Waals surface area (Å²) < 4.78 is 1.71. The van der Waals surface area contributed by atoms with Crippen LogP contribution in [0.15, 0.2) is 60.9 Å². The number of aromatic nitrogens is 4. The molecule has 1 atom stereocenters. The molecule has 0 fully saturated rings. The molecule has 38 heavy (non-hydrogen) atoms. The number of aliphatic hydroxyl groups is 1. The summed E-state index contributed by atoms with van der Waals surface area (Å²) in [5, 5.41) is 30.6. The van der Waals surface area contributed by atoms with E-state index >= 15 is 0 Å². The Labute approximate surface area is 219 Å². The monoisotopic (exact) mass is 506 g/mol. The first-order valence-corrected chi connectivity index (χ1v) is 12.4. The van der Waals surface area contributed by atoms with Gasteiger partial charge >= 0.3 is 0 Å². The molecule has 0 saturated heterocycles. The highest BCUT2D eigenvalue weighted by Crippen LogP contribution is 2.41. The predicted molar refractivity (Wildman–Crippen MR) is 142 cm³/mol. The van der Waals surface area contributed by atoms with Crippen molar-refractivity contribution in [2.75, 3.05) is 30.3 Å². The molecule has 2 aromatic carbocycles. The number of nitrogens with zero attached hydrogens (tertiary/aromatic N) is 6. The Morgan fingerprint density at radius 2 is 2.05 bits per heavy atom. The minimum Gasteiger partial charge on any atom is -0.395 e. The number of carbonyl (C=O) groups is 1. The third-order valence-corrected chi connectivity index (χ3v) is 7.24. The summed E-state index contributed by atoms with van der Waals surface area (Å²) in [6.07, 6.45) is 3.25. The van der Waals surface area contributed by atoms with Crippen LogP contribution >= 0.6 is 0 Å². The molecular formula is C28H26N8O2. The smallest absolute Gasteiger partial charge is 0.274 e. The number of anilines is 3. The molecule has 3 N–H and O–H groups in total. The van der Waals surface area contributed by atoms with E-state index in [1.807, 2.05) is 48.2 Å². The van der Waals surface area contributed by atoms with Crippen molar-refractivity contribution in [2.24, 2.45) is 0 Å². The van der Waals surface area contributed by atoms with Crippen molar-refractivity contribution in [1.29, 1.82) is 5.26 Å². The molecule has 6 rings (SSSR count). The van der Waals surface area contributed by atoms with E-state index in [2.05, 4.69) is 31.8 Å². The Morgan fingerprint density at radius 1 is 1.21 bits per heavy atom. The number of carbonyl (C=O) groups excluding carboxylic acids is 1. The summed E-state index contributed by atoms with van der Waals surface area (Å²) >= 11 is 0. The van der Waals surface area contributed by atoms with Gasteiger partial charge in [0.2, 0.25) is 5.95 Å². The van der Waals surface area contributed by atoms with Gasteiger partial charge in [-0.1, -0.05) is 37.3 Å². The number of aliphatic hydroxyl groups excluding tert-OH is 1.